The molecule has 0 spiro atoms. The predicted molar refractivity (Wildman–Crippen MR) is 39.6 cm³/mol. The summed E-state index contributed by atoms with van der Waals surface area (Å²) in [5.74, 6) is -0.295. The zero-order valence-corrected chi connectivity index (χ0v) is 6.08. The summed E-state index contributed by atoms with van der Waals surface area (Å²) in [6, 6.07) is 5.68. The molecule has 0 unspecified atom stereocenters. The van der Waals surface area contributed by atoms with E-state index in [1.165, 1.54) is 31.3 Å². The first-order valence-electron chi connectivity index (χ1n) is 3.13. The van der Waals surface area contributed by atoms with Crippen molar-refractivity contribution in [2.24, 2.45) is 0 Å². The maximum atomic E-state index is 12.3. The van der Waals surface area contributed by atoms with Gasteiger partial charge in [-0.15, -0.1) is 5.17 Å². The summed E-state index contributed by atoms with van der Waals surface area (Å²) in [5.41, 5.74) is 3.19. The third-order valence-electron chi connectivity index (χ3n) is 1.14. The molecule has 0 bridgehead atoms. The first-order valence-corrected chi connectivity index (χ1v) is 3.13. The summed E-state index contributed by atoms with van der Waals surface area (Å²) < 4.78 is 12.3. The van der Waals surface area contributed by atoms with Gasteiger partial charge in [-0.1, -0.05) is 0 Å². The molecular formula is C7H9FN2O. The van der Waals surface area contributed by atoms with Crippen molar-refractivity contribution in [3.63, 3.8) is 0 Å². The van der Waals surface area contributed by atoms with Crippen molar-refractivity contribution in [2.45, 2.75) is 0 Å². The Morgan fingerprint density at radius 1 is 1.36 bits per heavy atom. The highest BCUT2D eigenvalue weighted by molar-refractivity contribution is 5.41. The van der Waals surface area contributed by atoms with Gasteiger partial charge in [-0.25, -0.2) is 4.39 Å². The fourth-order valence-corrected chi connectivity index (χ4v) is 0.711. The van der Waals surface area contributed by atoms with Gasteiger partial charge in [0.1, 0.15) is 5.82 Å². The Hall–Kier alpha value is -1.13. The van der Waals surface area contributed by atoms with Gasteiger partial charge >= 0.3 is 0 Å². The Morgan fingerprint density at radius 3 is 2.36 bits per heavy atom. The molecule has 0 heterocycles. The van der Waals surface area contributed by atoms with E-state index < -0.39 is 0 Å². The summed E-state index contributed by atoms with van der Waals surface area (Å²) in [6.45, 7) is 0. The average Bonchev–Trinajstić information content (AvgIpc) is 1.93. The molecule has 3 nitrogen and oxygen atoms in total. The first-order chi connectivity index (χ1) is 5.18. The summed E-state index contributed by atoms with van der Waals surface area (Å²) in [7, 11) is 1.43. The third kappa shape index (κ3) is 2.53. The van der Waals surface area contributed by atoms with Crippen LogP contribution in [0.15, 0.2) is 24.3 Å². The lowest BCUT2D eigenvalue weighted by atomic mass is 10.3. The molecule has 4 heteroatoms. The van der Waals surface area contributed by atoms with Gasteiger partial charge < -0.3 is 0 Å². The van der Waals surface area contributed by atoms with E-state index in [0.717, 1.165) is 5.17 Å². The molecule has 0 aliphatic rings. The fraction of sp³-hybridized carbons (Fsp3) is 0.143. The number of hydroxylamine groups is 1. The predicted octanol–water partition coefficient (Wildman–Crippen LogP) is 1.47. The normalized spacial score (nSPS) is 10.2. The van der Waals surface area contributed by atoms with Gasteiger partial charge in [-0.05, 0) is 24.3 Å². The zero-order valence-electron chi connectivity index (χ0n) is 6.08. The number of nitrogens with one attached hydrogen (secondary N) is 1. The minimum Gasteiger partial charge on any atom is -0.297 e. The second-order valence-corrected chi connectivity index (χ2v) is 2.14. The summed E-state index contributed by atoms with van der Waals surface area (Å²) in [4.78, 5) is 0. The molecule has 1 aromatic carbocycles. The van der Waals surface area contributed by atoms with E-state index in [9.17, 15) is 4.39 Å². The number of hydrogen-bond donors (Lipinski definition) is 2. The lowest BCUT2D eigenvalue weighted by molar-refractivity contribution is -0.0385. The first kappa shape index (κ1) is 7.97. The van der Waals surface area contributed by atoms with Crippen LogP contribution >= 0.6 is 0 Å². The highest BCUT2D eigenvalue weighted by Gasteiger charge is 1.93. The van der Waals surface area contributed by atoms with E-state index in [1.54, 1.807) is 0 Å². The van der Waals surface area contributed by atoms with Crippen LogP contribution < -0.4 is 5.43 Å². The van der Waals surface area contributed by atoms with Crippen LogP contribution in [0.1, 0.15) is 0 Å². The minimum atomic E-state index is -0.295. The standard InChI is InChI=1S/C7H9FN2O/c1-10(11)9-7-4-2-6(8)3-5-7/h2-5,9,11H,1H3. The molecule has 11 heavy (non-hydrogen) atoms. The van der Waals surface area contributed by atoms with Gasteiger partial charge in [-0.2, -0.15) is 0 Å². The molecule has 2 N–H and O–H groups in total. The maximum Gasteiger partial charge on any atom is 0.123 e. The van der Waals surface area contributed by atoms with E-state index in [4.69, 9.17) is 5.21 Å². The maximum absolute atomic E-state index is 12.3. The van der Waals surface area contributed by atoms with Crippen molar-refractivity contribution >= 4 is 5.69 Å². The Morgan fingerprint density at radius 2 is 1.91 bits per heavy atom. The number of hydrazine groups is 1. The van der Waals surface area contributed by atoms with E-state index in [2.05, 4.69) is 5.43 Å². The van der Waals surface area contributed by atoms with Crippen LogP contribution in [0.25, 0.3) is 0 Å². The molecule has 0 saturated carbocycles. The smallest absolute Gasteiger partial charge is 0.123 e. The van der Waals surface area contributed by atoms with Gasteiger partial charge in [0.2, 0.25) is 0 Å². The summed E-state index contributed by atoms with van der Waals surface area (Å²) >= 11 is 0. The molecule has 0 atom stereocenters. The molecule has 0 radical (unpaired) electrons. The van der Waals surface area contributed by atoms with Crippen LogP contribution in [0.4, 0.5) is 10.1 Å². The average molecular weight is 156 g/mol. The number of hydrogen-bond acceptors (Lipinski definition) is 3. The molecule has 0 aliphatic heterocycles. The van der Waals surface area contributed by atoms with Gasteiger partial charge in [0.15, 0.2) is 0 Å². The van der Waals surface area contributed by atoms with Gasteiger partial charge in [-0.3, -0.25) is 10.6 Å². The van der Waals surface area contributed by atoms with Gasteiger partial charge in [0.25, 0.3) is 0 Å². The molecule has 0 aliphatic carbocycles. The fourth-order valence-electron chi connectivity index (χ4n) is 0.711. The quantitative estimate of drug-likeness (QED) is 0.636. The summed E-state index contributed by atoms with van der Waals surface area (Å²) in [5, 5.41) is 9.50. The second-order valence-electron chi connectivity index (χ2n) is 2.14. The van der Waals surface area contributed by atoms with Crippen LogP contribution in [-0.2, 0) is 0 Å². The minimum absolute atomic E-state index is 0.295. The third-order valence-corrected chi connectivity index (χ3v) is 1.14. The van der Waals surface area contributed by atoms with Gasteiger partial charge in [0.05, 0.1) is 5.69 Å². The largest absolute Gasteiger partial charge is 0.297 e. The number of nitrogens with zero attached hydrogens (tertiary/aromatic N) is 1. The van der Waals surface area contributed by atoms with Crippen LogP contribution in [0, 0.1) is 5.82 Å². The van der Waals surface area contributed by atoms with Crippen LogP contribution in [0.5, 0.6) is 0 Å². The lowest BCUT2D eigenvalue weighted by Crippen LogP contribution is -2.20. The highest BCUT2D eigenvalue weighted by atomic mass is 19.1. The lowest BCUT2D eigenvalue weighted by Gasteiger charge is -2.10. The Bertz CT molecular complexity index is 222. The molecule has 0 fully saturated rings. The Kier molecular flexibility index (Phi) is 2.40. The van der Waals surface area contributed by atoms with Crippen molar-refractivity contribution in [3.05, 3.63) is 30.1 Å². The zero-order chi connectivity index (χ0) is 8.27. The molecular weight excluding hydrogens is 147 g/mol. The Labute approximate surface area is 64.0 Å². The second kappa shape index (κ2) is 3.32. The van der Waals surface area contributed by atoms with Crippen molar-refractivity contribution in [3.8, 4) is 0 Å². The molecule has 60 valence electrons. The number of benzene rings is 1. The topological polar surface area (TPSA) is 35.5 Å². The molecule has 0 saturated heterocycles. The van der Waals surface area contributed by atoms with E-state index in [0.29, 0.717) is 5.69 Å². The van der Waals surface area contributed by atoms with Gasteiger partial charge in [0, 0.05) is 7.05 Å². The highest BCUT2D eigenvalue weighted by Crippen LogP contribution is 2.07. The number of rotatable bonds is 2. The number of anilines is 1. The van der Waals surface area contributed by atoms with E-state index in [-0.39, 0.29) is 5.82 Å². The monoisotopic (exact) mass is 156 g/mol. The summed E-state index contributed by atoms with van der Waals surface area (Å²) in [6.07, 6.45) is 0. The van der Waals surface area contributed by atoms with E-state index >= 15 is 0 Å². The Balaban J connectivity index is 2.66. The molecule has 1 aromatic rings. The van der Waals surface area contributed by atoms with Crippen molar-refractivity contribution < 1.29 is 9.60 Å². The van der Waals surface area contributed by atoms with Crippen molar-refractivity contribution in [1.29, 1.82) is 0 Å². The van der Waals surface area contributed by atoms with Crippen LogP contribution in [0.3, 0.4) is 0 Å². The van der Waals surface area contributed by atoms with Crippen LogP contribution in [-0.4, -0.2) is 17.4 Å². The molecule has 0 amide bonds. The van der Waals surface area contributed by atoms with E-state index in [1.807, 2.05) is 0 Å². The molecule has 1 rings (SSSR count). The number of halogens is 1. The van der Waals surface area contributed by atoms with Crippen LogP contribution in [0.2, 0.25) is 0 Å². The van der Waals surface area contributed by atoms with Crippen molar-refractivity contribution in [1.82, 2.24) is 5.17 Å². The van der Waals surface area contributed by atoms with Crippen molar-refractivity contribution in [2.75, 3.05) is 12.5 Å². The SMILES string of the molecule is CN(O)Nc1ccc(F)cc1. The molecule has 0 aromatic heterocycles.